The quantitative estimate of drug-likeness (QED) is 0.743. The van der Waals surface area contributed by atoms with E-state index in [4.69, 9.17) is 0 Å². The van der Waals surface area contributed by atoms with Crippen LogP contribution in [0, 0.1) is 11.8 Å². The van der Waals surface area contributed by atoms with Crippen LogP contribution in [0.5, 0.6) is 0 Å². The molecule has 0 saturated carbocycles. The van der Waals surface area contributed by atoms with Gasteiger partial charge in [0, 0.05) is 11.8 Å². The minimum Gasteiger partial charge on any atom is -0.317 e. The molecule has 92 valence electrons. The van der Waals surface area contributed by atoms with Crippen molar-refractivity contribution in [1.82, 2.24) is 10.6 Å². The largest absolute Gasteiger partial charge is 0.317 e. The van der Waals surface area contributed by atoms with Crippen molar-refractivity contribution in [2.24, 2.45) is 11.8 Å². The van der Waals surface area contributed by atoms with Crippen molar-refractivity contribution in [2.75, 3.05) is 26.2 Å². The molecule has 0 aromatic carbocycles. The Morgan fingerprint density at radius 3 is 1.75 bits per heavy atom. The van der Waals surface area contributed by atoms with Crippen LogP contribution in [0.1, 0.15) is 38.5 Å². The van der Waals surface area contributed by atoms with Gasteiger partial charge in [0.25, 0.3) is 0 Å². The maximum Gasteiger partial charge on any atom is 0.139 e. The Kier molecular flexibility index (Phi) is 4.79. The first kappa shape index (κ1) is 12.1. The molecular weight excluding hydrogens is 200 g/mol. The molecule has 2 fully saturated rings. The van der Waals surface area contributed by atoms with Crippen molar-refractivity contribution in [2.45, 2.75) is 38.5 Å². The Bertz CT molecular complexity index is 192. The molecule has 0 aromatic rings. The summed E-state index contributed by atoms with van der Waals surface area (Å²) in [6.45, 7) is 4.24. The van der Waals surface area contributed by atoms with Gasteiger partial charge in [-0.05, 0) is 64.7 Å². The summed E-state index contributed by atoms with van der Waals surface area (Å²) in [6, 6.07) is 0. The van der Waals surface area contributed by atoms with E-state index in [9.17, 15) is 4.79 Å². The fourth-order valence-corrected chi connectivity index (χ4v) is 2.94. The molecule has 16 heavy (non-hydrogen) atoms. The number of carbonyl (C=O) groups is 1. The third-order valence-electron chi connectivity index (χ3n) is 3.96. The first-order chi connectivity index (χ1) is 7.88. The van der Waals surface area contributed by atoms with Gasteiger partial charge in [0.1, 0.15) is 5.78 Å². The van der Waals surface area contributed by atoms with E-state index in [0.29, 0.717) is 17.6 Å². The average molecular weight is 224 g/mol. The monoisotopic (exact) mass is 224 g/mol. The molecule has 2 N–H and O–H groups in total. The number of Topliss-reactive ketones (excluding diaryl/α,β-unsaturated/α-hetero) is 1. The molecule has 2 unspecified atom stereocenters. The molecule has 2 atom stereocenters. The predicted octanol–water partition coefficient (Wildman–Crippen LogP) is 1.33. The van der Waals surface area contributed by atoms with Gasteiger partial charge >= 0.3 is 0 Å². The van der Waals surface area contributed by atoms with Crippen LogP contribution < -0.4 is 10.6 Å². The lowest BCUT2D eigenvalue weighted by atomic mass is 9.84. The van der Waals surface area contributed by atoms with Crippen LogP contribution in [0.2, 0.25) is 0 Å². The van der Waals surface area contributed by atoms with Crippen LogP contribution in [0.15, 0.2) is 0 Å². The first-order valence-corrected chi connectivity index (χ1v) is 6.83. The summed E-state index contributed by atoms with van der Waals surface area (Å²) in [5.74, 6) is 1.25. The van der Waals surface area contributed by atoms with Crippen LogP contribution in [0.25, 0.3) is 0 Å². The summed E-state index contributed by atoms with van der Waals surface area (Å²) in [6.07, 6.45) is 6.67. The molecule has 0 spiro atoms. The van der Waals surface area contributed by atoms with E-state index >= 15 is 0 Å². The van der Waals surface area contributed by atoms with Crippen molar-refractivity contribution in [3.63, 3.8) is 0 Å². The number of rotatable bonds is 2. The van der Waals surface area contributed by atoms with E-state index < -0.39 is 0 Å². The highest BCUT2D eigenvalue weighted by atomic mass is 16.1. The lowest BCUT2D eigenvalue weighted by Gasteiger charge is -2.19. The molecule has 3 heteroatoms. The van der Waals surface area contributed by atoms with Gasteiger partial charge in [-0.1, -0.05) is 0 Å². The van der Waals surface area contributed by atoms with Crippen molar-refractivity contribution in [3.05, 3.63) is 0 Å². The Morgan fingerprint density at radius 1 is 0.750 bits per heavy atom. The number of nitrogens with one attached hydrogen (secondary N) is 2. The second-order valence-electron chi connectivity index (χ2n) is 5.16. The van der Waals surface area contributed by atoms with E-state index in [0.717, 1.165) is 51.9 Å². The highest BCUT2D eigenvalue weighted by Gasteiger charge is 2.27. The summed E-state index contributed by atoms with van der Waals surface area (Å²) in [4.78, 5) is 12.4. The zero-order valence-electron chi connectivity index (χ0n) is 10.1. The second-order valence-corrected chi connectivity index (χ2v) is 5.16. The average Bonchev–Trinajstić information content (AvgIpc) is 2.73. The molecule has 0 bridgehead atoms. The minimum absolute atomic E-state index is 0.345. The summed E-state index contributed by atoms with van der Waals surface area (Å²) in [5, 5.41) is 6.77. The third-order valence-corrected chi connectivity index (χ3v) is 3.96. The molecule has 2 saturated heterocycles. The van der Waals surface area contributed by atoms with E-state index in [1.165, 1.54) is 12.8 Å². The molecule has 0 radical (unpaired) electrons. The predicted molar refractivity (Wildman–Crippen MR) is 65.4 cm³/mol. The van der Waals surface area contributed by atoms with E-state index in [1.54, 1.807) is 0 Å². The lowest BCUT2D eigenvalue weighted by Crippen LogP contribution is -2.25. The molecule has 0 aliphatic carbocycles. The Balaban J connectivity index is 1.88. The van der Waals surface area contributed by atoms with Crippen LogP contribution in [0.3, 0.4) is 0 Å². The van der Waals surface area contributed by atoms with E-state index in [1.807, 2.05) is 0 Å². The minimum atomic E-state index is 0.345. The molecule has 2 aliphatic heterocycles. The zero-order valence-corrected chi connectivity index (χ0v) is 10.1. The number of carbonyl (C=O) groups excluding carboxylic acids is 1. The molecule has 2 aliphatic rings. The third kappa shape index (κ3) is 3.29. The highest BCUT2D eigenvalue weighted by Crippen LogP contribution is 2.24. The molecule has 2 heterocycles. The summed E-state index contributed by atoms with van der Waals surface area (Å²) in [7, 11) is 0. The van der Waals surface area contributed by atoms with Crippen molar-refractivity contribution in [3.8, 4) is 0 Å². The number of hydrogen-bond donors (Lipinski definition) is 2. The Labute approximate surface area is 98.4 Å². The number of ketones is 1. The van der Waals surface area contributed by atoms with Crippen LogP contribution >= 0.6 is 0 Å². The maximum absolute atomic E-state index is 12.4. The summed E-state index contributed by atoms with van der Waals surface area (Å²) >= 11 is 0. The van der Waals surface area contributed by atoms with Crippen LogP contribution in [-0.4, -0.2) is 32.0 Å². The molecule has 0 amide bonds. The lowest BCUT2D eigenvalue weighted by molar-refractivity contribution is -0.127. The van der Waals surface area contributed by atoms with Gasteiger partial charge in [-0.25, -0.2) is 0 Å². The second kappa shape index (κ2) is 6.36. The van der Waals surface area contributed by atoms with Gasteiger partial charge in [0.2, 0.25) is 0 Å². The van der Waals surface area contributed by atoms with Gasteiger partial charge in [-0.15, -0.1) is 0 Å². The summed E-state index contributed by atoms with van der Waals surface area (Å²) < 4.78 is 0. The molecule has 3 nitrogen and oxygen atoms in total. The van der Waals surface area contributed by atoms with Gasteiger partial charge < -0.3 is 10.6 Å². The van der Waals surface area contributed by atoms with Crippen molar-refractivity contribution in [1.29, 1.82) is 0 Å². The van der Waals surface area contributed by atoms with Gasteiger partial charge in [-0.2, -0.15) is 0 Å². The molecular formula is C13H24N2O. The SMILES string of the molecule is O=C(C1CCCNCC1)C1CCCNCC1. The normalized spacial score (nSPS) is 32.8. The van der Waals surface area contributed by atoms with Crippen LogP contribution in [-0.2, 0) is 4.79 Å². The smallest absolute Gasteiger partial charge is 0.139 e. The first-order valence-electron chi connectivity index (χ1n) is 6.83. The Morgan fingerprint density at radius 2 is 1.25 bits per heavy atom. The topological polar surface area (TPSA) is 41.1 Å². The standard InChI is InChI=1S/C13H24N2O/c16-13(11-3-1-7-14-9-5-11)12-4-2-8-15-10-6-12/h11-12,14-15H,1-10H2. The zero-order chi connectivity index (χ0) is 11.2. The van der Waals surface area contributed by atoms with Gasteiger partial charge in [0.15, 0.2) is 0 Å². The van der Waals surface area contributed by atoms with Crippen LogP contribution in [0.4, 0.5) is 0 Å². The maximum atomic E-state index is 12.4. The van der Waals surface area contributed by atoms with E-state index in [2.05, 4.69) is 10.6 Å². The number of hydrogen-bond acceptors (Lipinski definition) is 3. The fraction of sp³-hybridized carbons (Fsp3) is 0.923. The van der Waals surface area contributed by atoms with Gasteiger partial charge in [-0.3, -0.25) is 4.79 Å². The van der Waals surface area contributed by atoms with Crippen molar-refractivity contribution >= 4 is 5.78 Å². The molecule has 2 rings (SSSR count). The summed E-state index contributed by atoms with van der Waals surface area (Å²) in [5.41, 5.74) is 0. The Hall–Kier alpha value is -0.410. The fourth-order valence-electron chi connectivity index (χ4n) is 2.94. The highest BCUT2D eigenvalue weighted by molar-refractivity contribution is 5.83. The molecule has 0 aromatic heterocycles. The van der Waals surface area contributed by atoms with Crippen molar-refractivity contribution < 1.29 is 4.79 Å². The van der Waals surface area contributed by atoms with Gasteiger partial charge in [0.05, 0.1) is 0 Å². The van der Waals surface area contributed by atoms with E-state index in [-0.39, 0.29) is 0 Å².